The maximum Gasteiger partial charge on any atom is 0.408 e. The summed E-state index contributed by atoms with van der Waals surface area (Å²) >= 11 is 0. The number of benzene rings is 1. The summed E-state index contributed by atoms with van der Waals surface area (Å²) in [4.78, 5) is 26.7. The van der Waals surface area contributed by atoms with E-state index in [0.717, 1.165) is 5.56 Å². The molecule has 2 rings (SSSR count). The third-order valence-corrected chi connectivity index (χ3v) is 4.14. The summed E-state index contributed by atoms with van der Waals surface area (Å²) in [6.07, 6.45) is 0.325. The Kier molecular flexibility index (Phi) is 6.47. The van der Waals surface area contributed by atoms with Crippen LogP contribution in [-0.2, 0) is 16.0 Å². The first kappa shape index (κ1) is 20.0. The summed E-state index contributed by atoms with van der Waals surface area (Å²) < 4.78 is 5.28. The SMILES string of the molecule is CC(C)(C)OC(=O)NC(Cc1ccc(O)cc1)C(=O)N1CCC(O)CC1. The summed E-state index contributed by atoms with van der Waals surface area (Å²) in [5.74, 6) is -0.0578. The van der Waals surface area contributed by atoms with Crippen LogP contribution in [-0.4, -0.2) is 57.9 Å². The van der Waals surface area contributed by atoms with Crippen molar-refractivity contribution in [2.45, 2.75) is 57.8 Å². The van der Waals surface area contributed by atoms with Gasteiger partial charge in [-0.2, -0.15) is 0 Å². The molecule has 0 radical (unpaired) electrons. The number of piperidine rings is 1. The predicted molar refractivity (Wildman–Crippen MR) is 96.8 cm³/mol. The van der Waals surface area contributed by atoms with Gasteiger partial charge in [0.05, 0.1) is 6.10 Å². The van der Waals surface area contributed by atoms with Gasteiger partial charge in [-0.05, 0) is 51.3 Å². The summed E-state index contributed by atoms with van der Waals surface area (Å²) in [6, 6.07) is 5.74. The highest BCUT2D eigenvalue weighted by atomic mass is 16.6. The number of phenolic OH excluding ortho intramolecular Hbond substituents is 1. The Hall–Kier alpha value is -2.28. The van der Waals surface area contributed by atoms with Crippen molar-refractivity contribution >= 4 is 12.0 Å². The molecule has 144 valence electrons. The van der Waals surface area contributed by atoms with Gasteiger partial charge in [0.25, 0.3) is 0 Å². The molecule has 1 atom stereocenters. The van der Waals surface area contributed by atoms with E-state index < -0.39 is 17.7 Å². The second-order valence-corrected chi connectivity index (χ2v) is 7.63. The van der Waals surface area contributed by atoms with E-state index in [1.165, 1.54) is 0 Å². The number of likely N-dealkylation sites (tertiary alicyclic amines) is 1. The van der Waals surface area contributed by atoms with Crippen LogP contribution in [0.5, 0.6) is 5.75 Å². The molecular weight excluding hydrogens is 336 g/mol. The number of aliphatic hydroxyl groups is 1. The van der Waals surface area contributed by atoms with Gasteiger partial charge in [0, 0.05) is 19.5 Å². The number of rotatable bonds is 4. The molecule has 26 heavy (non-hydrogen) atoms. The van der Waals surface area contributed by atoms with E-state index in [1.807, 2.05) is 0 Å². The third-order valence-electron chi connectivity index (χ3n) is 4.14. The Labute approximate surface area is 154 Å². The molecule has 0 spiro atoms. The van der Waals surface area contributed by atoms with Gasteiger partial charge in [0.1, 0.15) is 17.4 Å². The Balaban J connectivity index is 2.10. The van der Waals surface area contributed by atoms with Crippen molar-refractivity contribution in [1.29, 1.82) is 0 Å². The van der Waals surface area contributed by atoms with Gasteiger partial charge in [-0.25, -0.2) is 4.79 Å². The van der Waals surface area contributed by atoms with Gasteiger partial charge >= 0.3 is 6.09 Å². The second-order valence-electron chi connectivity index (χ2n) is 7.63. The average molecular weight is 364 g/mol. The minimum atomic E-state index is -0.773. The fraction of sp³-hybridized carbons (Fsp3) is 0.579. The van der Waals surface area contributed by atoms with Crippen molar-refractivity contribution in [3.8, 4) is 5.75 Å². The lowest BCUT2D eigenvalue weighted by molar-refractivity contribution is -0.135. The molecule has 0 saturated carbocycles. The van der Waals surface area contributed by atoms with Gasteiger partial charge in [0.2, 0.25) is 5.91 Å². The van der Waals surface area contributed by atoms with Crippen molar-refractivity contribution in [2.75, 3.05) is 13.1 Å². The van der Waals surface area contributed by atoms with Crippen molar-refractivity contribution < 1.29 is 24.5 Å². The molecule has 1 heterocycles. The lowest BCUT2D eigenvalue weighted by atomic mass is 10.0. The number of aliphatic hydroxyl groups excluding tert-OH is 1. The van der Waals surface area contributed by atoms with Crippen molar-refractivity contribution in [3.05, 3.63) is 29.8 Å². The molecule has 1 aliphatic rings. The number of aromatic hydroxyl groups is 1. The standard InChI is InChI=1S/C19H28N2O5/c1-19(2,3)26-18(25)20-16(12-13-4-6-14(22)7-5-13)17(24)21-10-8-15(23)9-11-21/h4-7,15-16,22-23H,8-12H2,1-3H3,(H,20,25). The molecule has 1 aromatic rings. The summed E-state index contributed by atoms with van der Waals surface area (Å²) in [5, 5.41) is 21.7. The minimum absolute atomic E-state index is 0.141. The van der Waals surface area contributed by atoms with Crippen LogP contribution in [0, 0.1) is 0 Å². The highest BCUT2D eigenvalue weighted by Crippen LogP contribution is 2.16. The first-order valence-electron chi connectivity index (χ1n) is 8.88. The number of hydrogen-bond donors (Lipinski definition) is 3. The fourth-order valence-corrected chi connectivity index (χ4v) is 2.82. The van der Waals surface area contributed by atoms with Gasteiger partial charge in [-0.1, -0.05) is 12.1 Å². The zero-order chi connectivity index (χ0) is 19.3. The molecule has 1 aromatic carbocycles. The number of nitrogens with zero attached hydrogens (tertiary/aromatic N) is 1. The van der Waals surface area contributed by atoms with E-state index in [2.05, 4.69) is 5.32 Å². The van der Waals surface area contributed by atoms with E-state index in [-0.39, 0.29) is 24.2 Å². The van der Waals surface area contributed by atoms with E-state index in [0.29, 0.717) is 25.9 Å². The lowest BCUT2D eigenvalue weighted by Gasteiger charge is -2.33. The average Bonchev–Trinajstić information content (AvgIpc) is 2.54. The van der Waals surface area contributed by atoms with E-state index >= 15 is 0 Å². The van der Waals surface area contributed by atoms with Crippen LogP contribution in [0.4, 0.5) is 4.79 Å². The van der Waals surface area contributed by atoms with E-state index in [9.17, 15) is 19.8 Å². The van der Waals surface area contributed by atoms with Gasteiger partial charge < -0.3 is 25.2 Å². The number of ether oxygens (including phenoxy) is 1. The first-order valence-corrected chi connectivity index (χ1v) is 8.88. The van der Waals surface area contributed by atoms with Crippen molar-refractivity contribution in [1.82, 2.24) is 10.2 Å². The van der Waals surface area contributed by atoms with Crippen molar-refractivity contribution in [3.63, 3.8) is 0 Å². The minimum Gasteiger partial charge on any atom is -0.508 e. The molecule has 0 aliphatic carbocycles. The van der Waals surface area contributed by atoms with Crippen molar-refractivity contribution in [2.24, 2.45) is 0 Å². The van der Waals surface area contributed by atoms with E-state index in [1.54, 1.807) is 49.9 Å². The van der Waals surface area contributed by atoms with Gasteiger partial charge in [0.15, 0.2) is 0 Å². The summed E-state index contributed by atoms with van der Waals surface area (Å²) in [7, 11) is 0. The monoisotopic (exact) mass is 364 g/mol. The second kappa shape index (κ2) is 8.40. The quantitative estimate of drug-likeness (QED) is 0.757. The Morgan fingerprint density at radius 3 is 2.35 bits per heavy atom. The molecule has 0 aromatic heterocycles. The number of carbonyl (C=O) groups excluding carboxylic acids is 2. The zero-order valence-corrected chi connectivity index (χ0v) is 15.6. The maximum absolute atomic E-state index is 12.9. The number of nitrogens with one attached hydrogen (secondary N) is 1. The lowest BCUT2D eigenvalue weighted by Crippen LogP contribution is -2.52. The largest absolute Gasteiger partial charge is 0.508 e. The highest BCUT2D eigenvalue weighted by molar-refractivity contribution is 5.86. The zero-order valence-electron chi connectivity index (χ0n) is 15.6. The maximum atomic E-state index is 12.9. The number of phenols is 1. The van der Waals surface area contributed by atoms with Crippen LogP contribution in [0.1, 0.15) is 39.2 Å². The molecular formula is C19H28N2O5. The molecule has 1 fully saturated rings. The Morgan fingerprint density at radius 2 is 1.81 bits per heavy atom. The topological polar surface area (TPSA) is 99.1 Å². The van der Waals surface area contributed by atoms with Crippen LogP contribution in [0.15, 0.2) is 24.3 Å². The molecule has 3 N–H and O–H groups in total. The first-order chi connectivity index (χ1) is 12.1. The number of carbonyl (C=O) groups is 2. The fourth-order valence-electron chi connectivity index (χ4n) is 2.82. The summed E-state index contributed by atoms with van der Waals surface area (Å²) in [6.45, 7) is 6.20. The number of alkyl carbamates (subject to hydrolysis) is 1. The number of amides is 2. The van der Waals surface area contributed by atoms with Crippen LogP contribution >= 0.6 is 0 Å². The van der Waals surface area contributed by atoms with Crippen LogP contribution in [0.25, 0.3) is 0 Å². The van der Waals surface area contributed by atoms with Crippen LogP contribution in [0.2, 0.25) is 0 Å². The van der Waals surface area contributed by atoms with Crippen LogP contribution in [0.3, 0.4) is 0 Å². The third kappa shape index (κ3) is 6.22. The highest BCUT2D eigenvalue weighted by Gasteiger charge is 2.30. The molecule has 1 aliphatic heterocycles. The summed E-state index contributed by atoms with van der Waals surface area (Å²) in [5.41, 5.74) is 0.153. The normalized spacial score (nSPS) is 16.8. The number of hydrogen-bond acceptors (Lipinski definition) is 5. The molecule has 7 nitrogen and oxygen atoms in total. The van der Waals surface area contributed by atoms with E-state index in [4.69, 9.17) is 4.74 Å². The molecule has 2 amide bonds. The molecule has 0 bridgehead atoms. The molecule has 1 unspecified atom stereocenters. The smallest absolute Gasteiger partial charge is 0.408 e. The van der Waals surface area contributed by atoms with Crippen LogP contribution < -0.4 is 5.32 Å². The molecule has 7 heteroatoms. The predicted octanol–water partition coefficient (Wildman–Crippen LogP) is 1.81. The Bertz CT molecular complexity index is 616. The Morgan fingerprint density at radius 1 is 1.23 bits per heavy atom. The molecule has 1 saturated heterocycles. The van der Waals surface area contributed by atoms with Gasteiger partial charge in [-0.15, -0.1) is 0 Å². The van der Waals surface area contributed by atoms with Gasteiger partial charge in [-0.3, -0.25) is 4.79 Å².